The van der Waals surface area contributed by atoms with Crippen molar-refractivity contribution in [3.63, 3.8) is 0 Å². The molecule has 0 saturated heterocycles. The molecular formula is C11H18O2. The van der Waals surface area contributed by atoms with E-state index in [2.05, 4.69) is 0 Å². The van der Waals surface area contributed by atoms with Crippen molar-refractivity contribution >= 4 is 11.6 Å². The Bertz CT molecular complexity index is 192. The molecule has 0 N–H and O–H groups in total. The summed E-state index contributed by atoms with van der Waals surface area (Å²) in [5, 5.41) is 0. The monoisotopic (exact) mass is 182 g/mol. The summed E-state index contributed by atoms with van der Waals surface area (Å²) in [6, 6.07) is 0. The van der Waals surface area contributed by atoms with Crippen LogP contribution in [0.15, 0.2) is 12.2 Å². The van der Waals surface area contributed by atoms with E-state index in [1.807, 2.05) is 26.0 Å². The van der Waals surface area contributed by atoms with E-state index in [-0.39, 0.29) is 11.6 Å². The number of ketones is 2. The van der Waals surface area contributed by atoms with Crippen LogP contribution in [0.4, 0.5) is 0 Å². The van der Waals surface area contributed by atoms with Gasteiger partial charge in [0, 0.05) is 25.7 Å². The summed E-state index contributed by atoms with van der Waals surface area (Å²) in [5.74, 6) is 0.374. The van der Waals surface area contributed by atoms with Gasteiger partial charge in [-0.3, -0.25) is 9.59 Å². The number of hydrogen-bond donors (Lipinski definition) is 0. The largest absolute Gasteiger partial charge is 0.300 e. The minimum atomic E-state index is 0.180. The summed E-state index contributed by atoms with van der Waals surface area (Å²) in [6.45, 7) is 3.76. The van der Waals surface area contributed by atoms with Gasteiger partial charge in [-0.25, -0.2) is 0 Å². The molecule has 0 unspecified atom stereocenters. The molecule has 0 aromatic carbocycles. The summed E-state index contributed by atoms with van der Waals surface area (Å²) in [5.41, 5.74) is 0. The summed E-state index contributed by atoms with van der Waals surface area (Å²) in [7, 11) is 0. The number of hydrogen-bond acceptors (Lipinski definition) is 2. The molecule has 0 heterocycles. The Labute approximate surface area is 80.0 Å². The molecule has 0 atom stereocenters. The maximum absolute atomic E-state index is 11.2. The van der Waals surface area contributed by atoms with Crippen LogP contribution in [0.2, 0.25) is 0 Å². The van der Waals surface area contributed by atoms with Gasteiger partial charge in [0.2, 0.25) is 0 Å². The predicted octanol–water partition coefficient (Wildman–Crippen LogP) is 2.67. The molecule has 0 aliphatic carbocycles. The van der Waals surface area contributed by atoms with E-state index in [4.69, 9.17) is 0 Å². The second kappa shape index (κ2) is 7.71. The zero-order valence-corrected chi connectivity index (χ0v) is 8.51. The van der Waals surface area contributed by atoms with E-state index in [1.54, 1.807) is 0 Å². The van der Waals surface area contributed by atoms with Crippen LogP contribution in [-0.2, 0) is 9.59 Å². The maximum Gasteiger partial charge on any atom is 0.133 e. The lowest BCUT2D eigenvalue weighted by molar-refractivity contribution is -0.124. The Morgan fingerprint density at radius 1 is 1.08 bits per heavy atom. The molecule has 0 fully saturated rings. The zero-order chi connectivity index (χ0) is 10.1. The van der Waals surface area contributed by atoms with Gasteiger partial charge >= 0.3 is 0 Å². The quantitative estimate of drug-likeness (QED) is 0.567. The van der Waals surface area contributed by atoms with E-state index in [1.165, 1.54) is 0 Å². The van der Waals surface area contributed by atoms with Crippen molar-refractivity contribution in [2.45, 2.75) is 46.0 Å². The van der Waals surface area contributed by atoms with Crippen molar-refractivity contribution in [1.29, 1.82) is 0 Å². The molecule has 0 saturated carbocycles. The predicted molar refractivity (Wildman–Crippen MR) is 53.6 cm³/mol. The van der Waals surface area contributed by atoms with Crippen LogP contribution in [0.5, 0.6) is 0 Å². The van der Waals surface area contributed by atoms with Crippen LogP contribution in [0.1, 0.15) is 46.0 Å². The van der Waals surface area contributed by atoms with Gasteiger partial charge in [0.25, 0.3) is 0 Å². The first-order valence-electron chi connectivity index (χ1n) is 4.85. The fourth-order valence-corrected chi connectivity index (χ4v) is 0.992. The highest BCUT2D eigenvalue weighted by molar-refractivity contribution is 5.85. The van der Waals surface area contributed by atoms with E-state index >= 15 is 0 Å². The molecule has 74 valence electrons. The zero-order valence-electron chi connectivity index (χ0n) is 8.51. The van der Waals surface area contributed by atoms with E-state index in [0.29, 0.717) is 25.7 Å². The van der Waals surface area contributed by atoms with Gasteiger partial charge in [0.1, 0.15) is 11.6 Å². The highest BCUT2D eigenvalue weighted by Crippen LogP contribution is 2.01. The summed E-state index contributed by atoms with van der Waals surface area (Å²) in [6.07, 6.45) is 6.67. The van der Waals surface area contributed by atoms with E-state index in [9.17, 15) is 9.59 Å². The number of carbonyl (C=O) groups is 2. The molecule has 0 aromatic rings. The molecule has 0 rings (SSSR count). The van der Waals surface area contributed by atoms with Crippen molar-refractivity contribution in [3.8, 4) is 0 Å². The van der Waals surface area contributed by atoms with Crippen molar-refractivity contribution in [1.82, 2.24) is 0 Å². The molecule has 0 spiro atoms. The molecule has 13 heavy (non-hydrogen) atoms. The molecule has 0 bridgehead atoms. The minimum absolute atomic E-state index is 0.180. The summed E-state index contributed by atoms with van der Waals surface area (Å²) < 4.78 is 0. The van der Waals surface area contributed by atoms with E-state index in [0.717, 1.165) is 6.42 Å². The van der Waals surface area contributed by atoms with Gasteiger partial charge in [0.05, 0.1) is 0 Å². The Morgan fingerprint density at radius 3 is 2.23 bits per heavy atom. The fraction of sp³-hybridized carbons (Fsp3) is 0.636. The van der Waals surface area contributed by atoms with Crippen LogP contribution in [0, 0.1) is 0 Å². The first-order chi connectivity index (χ1) is 6.20. The minimum Gasteiger partial charge on any atom is -0.300 e. The molecule has 2 nitrogen and oxygen atoms in total. The smallest absolute Gasteiger partial charge is 0.133 e. The molecule has 0 aliphatic rings. The third kappa shape index (κ3) is 7.44. The highest BCUT2D eigenvalue weighted by Gasteiger charge is 2.03. The molecular weight excluding hydrogens is 164 g/mol. The van der Waals surface area contributed by atoms with Gasteiger partial charge in [-0.2, -0.15) is 0 Å². The summed E-state index contributed by atoms with van der Waals surface area (Å²) >= 11 is 0. The molecule has 2 heteroatoms. The maximum atomic E-state index is 11.2. The normalized spacial score (nSPS) is 10.6. The Balaban J connectivity index is 3.46. The number of carbonyl (C=O) groups excluding carboxylic acids is 2. The van der Waals surface area contributed by atoms with Crippen LogP contribution in [0.25, 0.3) is 0 Å². The number of Topliss-reactive ketones (excluding diaryl/α,β-unsaturated/α-hetero) is 2. The Hall–Kier alpha value is -0.920. The number of allylic oxidation sites excluding steroid dienone is 2. The van der Waals surface area contributed by atoms with Gasteiger partial charge in [-0.15, -0.1) is 0 Å². The summed E-state index contributed by atoms with van der Waals surface area (Å²) in [4.78, 5) is 22.0. The third-order valence-electron chi connectivity index (χ3n) is 1.90. The highest BCUT2D eigenvalue weighted by atomic mass is 16.1. The van der Waals surface area contributed by atoms with Crippen LogP contribution >= 0.6 is 0 Å². The topological polar surface area (TPSA) is 34.1 Å². The van der Waals surface area contributed by atoms with Crippen LogP contribution in [0.3, 0.4) is 0 Å². The lowest BCUT2D eigenvalue weighted by atomic mass is 10.1. The fourth-order valence-electron chi connectivity index (χ4n) is 0.992. The number of rotatable bonds is 7. The lowest BCUT2D eigenvalue weighted by Crippen LogP contribution is -2.02. The first-order valence-corrected chi connectivity index (χ1v) is 4.85. The first kappa shape index (κ1) is 12.1. The van der Waals surface area contributed by atoms with Crippen molar-refractivity contribution in [3.05, 3.63) is 12.2 Å². The average molecular weight is 182 g/mol. The van der Waals surface area contributed by atoms with Gasteiger partial charge in [-0.05, 0) is 13.3 Å². The van der Waals surface area contributed by atoms with Crippen LogP contribution in [-0.4, -0.2) is 11.6 Å². The second-order valence-corrected chi connectivity index (χ2v) is 3.04. The van der Waals surface area contributed by atoms with Crippen molar-refractivity contribution < 1.29 is 9.59 Å². The van der Waals surface area contributed by atoms with Crippen LogP contribution < -0.4 is 0 Å². The molecule has 0 aromatic heterocycles. The second-order valence-electron chi connectivity index (χ2n) is 3.04. The lowest BCUT2D eigenvalue weighted by Gasteiger charge is -1.96. The standard InChI is InChI=1S/C11H18O2/c1-3-5-6-7-11(13)9-8-10(12)4-2/h3,5H,4,6-9H2,1-2H3. The SMILES string of the molecule is CC=CCCC(=O)CCC(=O)CC. The Morgan fingerprint density at radius 2 is 1.69 bits per heavy atom. The molecule has 0 radical (unpaired) electrons. The van der Waals surface area contributed by atoms with Crippen molar-refractivity contribution in [2.24, 2.45) is 0 Å². The Kier molecular flexibility index (Phi) is 7.17. The molecule has 0 aliphatic heterocycles. The van der Waals surface area contributed by atoms with E-state index < -0.39 is 0 Å². The van der Waals surface area contributed by atoms with Crippen molar-refractivity contribution in [2.75, 3.05) is 0 Å². The third-order valence-corrected chi connectivity index (χ3v) is 1.90. The van der Waals surface area contributed by atoms with Gasteiger partial charge in [0.15, 0.2) is 0 Å². The average Bonchev–Trinajstić information content (AvgIpc) is 2.14. The van der Waals surface area contributed by atoms with Gasteiger partial charge < -0.3 is 0 Å². The van der Waals surface area contributed by atoms with Gasteiger partial charge in [-0.1, -0.05) is 19.1 Å². The molecule has 0 amide bonds.